The summed E-state index contributed by atoms with van der Waals surface area (Å²) >= 11 is 0. The summed E-state index contributed by atoms with van der Waals surface area (Å²) in [6.07, 6.45) is 11.1. The third-order valence-electron chi connectivity index (χ3n) is 2.84. The Morgan fingerprint density at radius 1 is 0.800 bits per heavy atom. The molecule has 1 atom stereocenters. The number of rotatable bonds is 11. The summed E-state index contributed by atoms with van der Waals surface area (Å²) in [6.45, 7) is 2.51. The second-order valence-corrected chi connectivity index (χ2v) is 4.43. The highest BCUT2D eigenvalue weighted by molar-refractivity contribution is 4.56. The van der Waals surface area contributed by atoms with Crippen LogP contribution in [0.1, 0.15) is 71.1 Å². The zero-order valence-corrected chi connectivity index (χ0v) is 10.2. The van der Waals surface area contributed by atoms with Gasteiger partial charge in [0.1, 0.15) is 0 Å². The lowest BCUT2D eigenvalue weighted by atomic mass is 10.0. The van der Waals surface area contributed by atoms with Crippen LogP contribution in [-0.4, -0.2) is 22.9 Å². The van der Waals surface area contributed by atoms with Crippen molar-refractivity contribution in [2.45, 2.75) is 77.2 Å². The van der Waals surface area contributed by atoms with Crippen molar-refractivity contribution < 1.29 is 10.2 Å². The Bertz CT molecular complexity index is 115. The minimum Gasteiger partial charge on any atom is -0.396 e. The Labute approximate surface area is 94.7 Å². The maximum atomic E-state index is 9.64. The van der Waals surface area contributed by atoms with Crippen LogP contribution in [-0.2, 0) is 0 Å². The fourth-order valence-corrected chi connectivity index (χ4v) is 1.80. The van der Waals surface area contributed by atoms with Crippen LogP contribution in [0, 0.1) is 0 Å². The van der Waals surface area contributed by atoms with E-state index in [1.165, 1.54) is 32.1 Å². The molecule has 0 aliphatic heterocycles. The molecule has 0 saturated heterocycles. The zero-order chi connectivity index (χ0) is 11.4. The average Bonchev–Trinajstić information content (AvgIpc) is 2.23. The second kappa shape index (κ2) is 12.0. The maximum absolute atomic E-state index is 9.64. The van der Waals surface area contributed by atoms with E-state index >= 15 is 0 Å². The van der Waals surface area contributed by atoms with E-state index in [4.69, 9.17) is 5.11 Å². The zero-order valence-electron chi connectivity index (χ0n) is 10.2. The monoisotopic (exact) mass is 216 g/mol. The van der Waals surface area contributed by atoms with Gasteiger partial charge in [-0.2, -0.15) is 0 Å². The lowest BCUT2D eigenvalue weighted by Crippen LogP contribution is -2.05. The predicted octanol–water partition coefficient (Wildman–Crippen LogP) is 3.26. The lowest BCUT2D eigenvalue weighted by molar-refractivity contribution is 0.147. The highest BCUT2D eigenvalue weighted by Crippen LogP contribution is 2.11. The Morgan fingerprint density at radius 3 is 1.93 bits per heavy atom. The molecule has 15 heavy (non-hydrogen) atoms. The number of hydrogen-bond acceptors (Lipinski definition) is 2. The van der Waals surface area contributed by atoms with Gasteiger partial charge in [0.05, 0.1) is 6.10 Å². The lowest BCUT2D eigenvalue weighted by Gasteiger charge is -2.09. The first-order valence-corrected chi connectivity index (χ1v) is 6.60. The third kappa shape index (κ3) is 11.8. The van der Waals surface area contributed by atoms with Crippen molar-refractivity contribution in [3.63, 3.8) is 0 Å². The summed E-state index contributed by atoms with van der Waals surface area (Å²) in [5, 5.41) is 18.2. The van der Waals surface area contributed by atoms with Crippen molar-refractivity contribution in [2.75, 3.05) is 6.61 Å². The van der Waals surface area contributed by atoms with E-state index in [2.05, 4.69) is 6.92 Å². The van der Waals surface area contributed by atoms with Crippen molar-refractivity contribution >= 4 is 0 Å². The van der Waals surface area contributed by atoms with Crippen LogP contribution in [0.5, 0.6) is 0 Å². The maximum Gasteiger partial charge on any atom is 0.0540 e. The molecule has 0 bridgehead atoms. The van der Waals surface area contributed by atoms with Gasteiger partial charge in [0.15, 0.2) is 0 Å². The van der Waals surface area contributed by atoms with Gasteiger partial charge in [-0.25, -0.2) is 0 Å². The first kappa shape index (κ1) is 14.9. The van der Waals surface area contributed by atoms with Gasteiger partial charge in [-0.3, -0.25) is 0 Å². The number of aliphatic hydroxyl groups excluding tert-OH is 2. The minimum atomic E-state index is -0.0746. The van der Waals surface area contributed by atoms with E-state index in [0.29, 0.717) is 6.61 Å². The van der Waals surface area contributed by atoms with Gasteiger partial charge >= 0.3 is 0 Å². The minimum absolute atomic E-state index is 0.0746. The van der Waals surface area contributed by atoms with Crippen molar-refractivity contribution in [3.05, 3.63) is 0 Å². The number of hydrogen-bond donors (Lipinski definition) is 2. The summed E-state index contributed by atoms with van der Waals surface area (Å²) < 4.78 is 0. The van der Waals surface area contributed by atoms with Crippen LogP contribution < -0.4 is 0 Å². The molecule has 0 aliphatic rings. The van der Waals surface area contributed by atoms with Gasteiger partial charge in [0.25, 0.3) is 0 Å². The van der Waals surface area contributed by atoms with Crippen LogP contribution in [0.3, 0.4) is 0 Å². The predicted molar refractivity (Wildman–Crippen MR) is 64.9 cm³/mol. The van der Waals surface area contributed by atoms with Gasteiger partial charge in [0, 0.05) is 6.61 Å². The smallest absolute Gasteiger partial charge is 0.0540 e. The molecule has 1 unspecified atom stereocenters. The van der Waals surface area contributed by atoms with Gasteiger partial charge in [-0.1, -0.05) is 51.9 Å². The molecule has 92 valence electrons. The molecule has 0 spiro atoms. The molecule has 0 rings (SSSR count). The van der Waals surface area contributed by atoms with Crippen LogP contribution in [0.25, 0.3) is 0 Å². The molecule has 2 heteroatoms. The summed E-state index contributed by atoms with van der Waals surface area (Å²) in [5.41, 5.74) is 0. The van der Waals surface area contributed by atoms with E-state index in [1.54, 1.807) is 0 Å². The second-order valence-electron chi connectivity index (χ2n) is 4.43. The third-order valence-corrected chi connectivity index (χ3v) is 2.84. The summed E-state index contributed by atoms with van der Waals surface area (Å²) in [4.78, 5) is 0. The van der Waals surface area contributed by atoms with E-state index in [0.717, 1.165) is 32.1 Å². The van der Waals surface area contributed by atoms with Gasteiger partial charge in [-0.15, -0.1) is 0 Å². The van der Waals surface area contributed by atoms with E-state index < -0.39 is 0 Å². The Hall–Kier alpha value is -0.0800. The van der Waals surface area contributed by atoms with Gasteiger partial charge in [0.2, 0.25) is 0 Å². The molecule has 0 heterocycles. The number of unbranched alkanes of at least 4 members (excludes halogenated alkanes) is 6. The van der Waals surface area contributed by atoms with Crippen molar-refractivity contribution in [1.29, 1.82) is 0 Å². The SMILES string of the molecule is CCCCCC(O)CCCCCCCO. The van der Waals surface area contributed by atoms with Crippen LogP contribution in [0.2, 0.25) is 0 Å². The quantitative estimate of drug-likeness (QED) is 0.520. The standard InChI is InChI=1S/C13H28O2/c1-2-3-7-10-13(15)11-8-5-4-6-9-12-14/h13-15H,2-12H2,1H3. The fourth-order valence-electron chi connectivity index (χ4n) is 1.80. The fraction of sp³-hybridized carbons (Fsp3) is 1.00. The highest BCUT2D eigenvalue weighted by Gasteiger charge is 2.02. The van der Waals surface area contributed by atoms with E-state index in [-0.39, 0.29) is 6.10 Å². The molecule has 2 N–H and O–H groups in total. The molecule has 0 amide bonds. The van der Waals surface area contributed by atoms with E-state index in [1.807, 2.05) is 0 Å². The molecule has 0 aromatic heterocycles. The number of aliphatic hydroxyl groups is 2. The molecule has 0 aliphatic carbocycles. The average molecular weight is 216 g/mol. The Kier molecular flexibility index (Phi) is 11.9. The topological polar surface area (TPSA) is 40.5 Å². The van der Waals surface area contributed by atoms with Crippen molar-refractivity contribution in [3.8, 4) is 0 Å². The first-order chi connectivity index (χ1) is 7.31. The van der Waals surface area contributed by atoms with Crippen LogP contribution >= 0.6 is 0 Å². The Balaban J connectivity index is 3.06. The van der Waals surface area contributed by atoms with Crippen LogP contribution in [0.15, 0.2) is 0 Å². The van der Waals surface area contributed by atoms with Gasteiger partial charge < -0.3 is 10.2 Å². The summed E-state index contributed by atoms with van der Waals surface area (Å²) in [7, 11) is 0. The van der Waals surface area contributed by atoms with Crippen LogP contribution in [0.4, 0.5) is 0 Å². The normalized spacial score (nSPS) is 13.0. The molecular formula is C13H28O2. The first-order valence-electron chi connectivity index (χ1n) is 6.60. The largest absolute Gasteiger partial charge is 0.396 e. The van der Waals surface area contributed by atoms with Crippen molar-refractivity contribution in [1.82, 2.24) is 0 Å². The molecule has 0 radical (unpaired) electrons. The molecule has 0 aromatic carbocycles. The van der Waals surface area contributed by atoms with Gasteiger partial charge in [-0.05, 0) is 19.3 Å². The summed E-state index contributed by atoms with van der Waals surface area (Å²) in [6, 6.07) is 0. The molecular weight excluding hydrogens is 188 g/mol. The molecule has 0 saturated carbocycles. The summed E-state index contributed by atoms with van der Waals surface area (Å²) in [5.74, 6) is 0. The highest BCUT2D eigenvalue weighted by atomic mass is 16.3. The molecule has 0 fully saturated rings. The molecule has 0 aromatic rings. The van der Waals surface area contributed by atoms with E-state index in [9.17, 15) is 5.11 Å². The molecule has 2 nitrogen and oxygen atoms in total. The van der Waals surface area contributed by atoms with Crippen molar-refractivity contribution in [2.24, 2.45) is 0 Å². The Morgan fingerprint density at radius 2 is 1.33 bits per heavy atom.